The molecule has 152 valence electrons. The number of amides is 2. The Labute approximate surface area is 163 Å². The van der Waals surface area contributed by atoms with Gasteiger partial charge in [-0.2, -0.15) is 18.2 Å². The number of hydrogen-bond donors (Lipinski definition) is 1. The van der Waals surface area contributed by atoms with E-state index in [0.29, 0.717) is 19.7 Å². The topological polar surface area (TPSA) is 76.6 Å². The molecule has 0 aromatic carbocycles. The number of ether oxygens (including phenoxy) is 2. The second-order valence-corrected chi connectivity index (χ2v) is 7.07. The third kappa shape index (κ3) is 5.80. The van der Waals surface area contributed by atoms with E-state index in [-0.39, 0.29) is 25.2 Å². The fourth-order valence-electron chi connectivity index (χ4n) is 2.60. The summed E-state index contributed by atoms with van der Waals surface area (Å²) in [5, 5.41) is 4.84. The highest BCUT2D eigenvalue weighted by atomic mass is 32.1. The molecule has 2 aromatic rings. The number of nitrogens with one attached hydrogen (secondary N) is 1. The maximum atomic E-state index is 12.7. The highest BCUT2D eigenvalue weighted by molar-refractivity contribution is 7.09. The Morgan fingerprint density at radius 3 is 3.04 bits per heavy atom. The number of nitrogens with zero attached hydrogens (tertiary/aromatic N) is 3. The molecule has 1 atom stereocenters. The number of halogens is 3. The summed E-state index contributed by atoms with van der Waals surface area (Å²) in [7, 11) is 0. The molecule has 0 saturated carbocycles. The average Bonchev–Trinajstić information content (AvgIpc) is 3.19. The van der Waals surface area contributed by atoms with Crippen LogP contribution in [0.25, 0.3) is 0 Å². The number of thiophene rings is 1. The molecule has 1 saturated heterocycles. The lowest BCUT2D eigenvalue weighted by Crippen LogP contribution is -2.51. The van der Waals surface area contributed by atoms with Gasteiger partial charge in [-0.15, -0.1) is 11.3 Å². The minimum atomic E-state index is -4.57. The average molecular weight is 416 g/mol. The van der Waals surface area contributed by atoms with Crippen LogP contribution in [0.4, 0.5) is 18.0 Å². The van der Waals surface area contributed by atoms with Crippen LogP contribution in [0, 0.1) is 0 Å². The third-order valence-corrected chi connectivity index (χ3v) is 4.91. The summed E-state index contributed by atoms with van der Waals surface area (Å²) in [5.41, 5.74) is -1.08. The highest BCUT2D eigenvalue weighted by Crippen LogP contribution is 2.27. The number of morpholine rings is 1. The first-order chi connectivity index (χ1) is 13.4. The molecule has 0 aliphatic carbocycles. The van der Waals surface area contributed by atoms with Gasteiger partial charge in [0.05, 0.1) is 13.2 Å². The Kier molecular flexibility index (Phi) is 6.68. The van der Waals surface area contributed by atoms with Gasteiger partial charge in [0.1, 0.15) is 12.7 Å². The smallest absolute Gasteiger partial charge is 0.433 e. The van der Waals surface area contributed by atoms with Gasteiger partial charge in [-0.1, -0.05) is 6.07 Å². The number of hydrogen-bond acceptors (Lipinski definition) is 6. The maximum absolute atomic E-state index is 12.7. The zero-order valence-electron chi connectivity index (χ0n) is 14.8. The molecule has 3 heterocycles. The number of carbonyl (C=O) groups is 1. The molecule has 0 bridgehead atoms. The van der Waals surface area contributed by atoms with Gasteiger partial charge < -0.3 is 19.7 Å². The molecule has 2 amide bonds. The number of alkyl halides is 3. The van der Waals surface area contributed by atoms with E-state index in [1.807, 2.05) is 17.5 Å². The first kappa shape index (κ1) is 20.3. The van der Waals surface area contributed by atoms with E-state index >= 15 is 0 Å². The molecule has 2 aromatic heterocycles. The van der Waals surface area contributed by atoms with Crippen molar-refractivity contribution < 1.29 is 27.4 Å². The second kappa shape index (κ2) is 9.20. The van der Waals surface area contributed by atoms with E-state index in [4.69, 9.17) is 9.47 Å². The van der Waals surface area contributed by atoms with E-state index in [2.05, 4.69) is 15.3 Å². The molecule has 1 aliphatic heterocycles. The van der Waals surface area contributed by atoms with Gasteiger partial charge in [-0.25, -0.2) is 9.78 Å². The van der Waals surface area contributed by atoms with Crippen LogP contribution in [-0.2, 0) is 17.3 Å². The zero-order valence-corrected chi connectivity index (χ0v) is 15.6. The summed E-state index contributed by atoms with van der Waals surface area (Å²) in [4.78, 5) is 22.1. The van der Waals surface area contributed by atoms with Crippen molar-refractivity contribution >= 4 is 17.4 Å². The highest BCUT2D eigenvalue weighted by Gasteiger charge is 2.33. The maximum Gasteiger partial charge on any atom is 0.433 e. The minimum absolute atomic E-state index is 0.0553. The fourth-order valence-corrected chi connectivity index (χ4v) is 3.31. The van der Waals surface area contributed by atoms with Gasteiger partial charge in [0.2, 0.25) is 0 Å². The van der Waals surface area contributed by atoms with Crippen molar-refractivity contribution in [3.8, 4) is 6.01 Å². The molecular weight excluding hydrogens is 397 g/mol. The molecule has 1 N–H and O–H groups in total. The molecule has 0 spiro atoms. The Hall–Kier alpha value is -2.40. The van der Waals surface area contributed by atoms with Crippen LogP contribution in [-0.4, -0.2) is 59.9 Å². The molecule has 28 heavy (non-hydrogen) atoms. The van der Waals surface area contributed by atoms with Crippen molar-refractivity contribution in [2.45, 2.75) is 18.7 Å². The van der Waals surface area contributed by atoms with Gasteiger partial charge in [0, 0.05) is 24.2 Å². The van der Waals surface area contributed by atoms with Crippen LogP contribution in [0.1, 0.15) is 10.6 Å². The number of aromatic nitrogens is 2. The number of urea groups is 1. The summed E-state index contributed by atoms with van der Waals surface area (Å²) >= 11 is 1.63. The predicted octanol–water partition coefficient (Wildman–Crippen LogP) is 2.59. The molecule has 1 fully saturated rings. The Morgan fingerprint density at radius 1 is 1.43 bits per heavy atom. The molecule has 1 unspecified atom stereocenters. The molecule has 1 aliphatic rings. The summed E-state index contributed by atoms with van der Waals surface area (Å²) in [6.07, 6.45) is -3.30. The predicted molar refractivity (Wildman–Crippen MR) is 95.3 cm³/mol. The SMILES string of the molecule is O=C(NCCc1cccs1)N1CCOC(COc2nccc(C(F)(F)F)n2)C1. The van der Waals surface area contributed by atoms with Crippen LogP contribution >= 0.6 is 11.3 Å². The normalized spacial score (nSPS) is 17.4. The Bertz CT molecular complexity index is 773. The van der Waals surface area contributed by atoms with Crippen molar-refractivity contribution in [2.75, 3.05) is 32.8 Å². The molecule has 0 radical (unpaired) electrons. The summed E-state index contributed by atoms with van der Waals surface area (Å²) in [6, 6.07) is 4.15. The van der Waals surface area contributed by atoms with Crippen molar-refractivity contribution in [2.24, 2.45) is 0 Å². The van der Waals surface area contributed by atoms with Gasteiger partial charge in [-0.3, -0.25) is 0 Å². The standard InChI is InChI=1S/C17H19F3N4O3S/c18-17(19,20)14-4-6-21-15(23-14)27-11-12-10-24(7-8-26-12)16(25)22-5-3-13-2-1-9-28-13/h1-2,4,6,9,12H,3,5,7-8,10-11H2,(H,22,25). The van der Waals surface area contributed by atoms with E-state index in [1.54, 1.807) is 16.2 Å². The summed E-state index contributed by atoms with van der Waals surface area (Å²) in [5.74, 6) is 0. The molecule has 3 rings (SSSR count). The van der Waals surface area contributed by atoms with Gasteiger partial charge >= 0.3 is 18.2 Å². The first-order valence-electron chi connectivity index (χ1n) is 8.61. The van der Waals surface area contributed by atoms with Gasteiger partial charge in [0.15, 0.2) is 5.69 Å². The van der Waals surface area contributed by atoms with Crippen molar-refractivity contribution in [1.82, 2.24) is 20.2 Å². The van der Waals surface area contributed by atoms with Gasteiger partial charge in [-0.05, 0) is 23.9 Å². The molecular formula is C17H19F3N4O3S. The summed E-state index contributed by atoms with van der Waals surface area (Å²) < 4.78 is 48.8. The van der Waals surface area contributed by atoms with Crippen LogP contribution < -0.4 is 10.1 Å². The quantitative estimate of drug-likeness (QED) is 0.784. The lowest BCUT2D eigenvalue weighted by atomic mass is 10.3. The lowest BCUT2D eigenvalue weighted by Gasteiger charge is -2.32. The van der Waals surface area contributed by atoms with E-state index < -0.39 is 18.0 Å². The van der Waals surface area contributed by atoms with Crippen molar-refractivity contribution in [3.63, 3.8) is 0 Å². The van der Waals surface area contributed by atoms with Crippen LogP contribution in [0.2, 0.25) is 0 Å². The monoisotopic (exact) mass is 416 g/mol. The van der Waals surface area contributed by atoms with Gasteiger partial charge in [0.25, 0.3) is 0 Å². The van der Waals surface area contributed by atoms with Crippen LogP contribution in [0.15, 0.2) is 29.8 Å². The number of carbonyl (C=O) groups excluding carboxylic acids is 1. The molecule has 7 nitrogen and oxygen atoms in total. The van der Waals surface area contributed by atoms with E-state index in [0.717, 1.165) is 18.7 Å². The Balaban J connectivity index is 1.45. The van der Waals surface area contributed by atoms with Crippen LogP contribution in [0.5, 0.6) is 6.01 Å². The Morgan fingerprint density at radius 2 is 2.29 bits per heavy atom. The van der Waals surface area contributed by atoms with Crippen molar-refractivity contribution in [3.05, 3.63) is 40.3 Å². The number of rotatable bonds is 6. The second-order valence-electron chi connectivity index (χ2n) is 6.03. The van der Waals surface area contributed by atoms with Crippen LogP contribution in [0.3, 0.4) is 0 Å². The minimum Gasteiger partial charge on any atom is -0.461 e. The lowest BCUT2D eigenvalue weighted by molar-refractivity contribution is -0.141. The zero-order chi connectivity index (χ0) is 20.0. The van der Waals surface area contributed by atoms with E-state index in [1.165, 1.54) is 4.88 Å². The first-order valence-corrected chi connectivity index (χ1v) is 9.49. The third-order valence-electron chi connectivity index (χ3n) is 3.98. The van der Waals surface area contributed by atoms with E-state index in [9.17, 15) is 18.0 Å². The molecule has 11 heteroatoms. The fraction of sp³-hybridized carbons (Fsp3) is 0.471. The summed E-state index contributed by atoms with van der Waals surface area (Å²) in [6.45, 7) is 1.48. The largest absolute Gasteiger partial charge is 0.461 e. The van der Waals surface area contributed by atoms with Crippen molar-refractivity contribution in [1.29, 1.82) is 0 Å².